The molecule has 28 heavy (non-hydrogen) atoms. The normalized spacial score (nSPS) is 17.0. The maximum Gasteiger partial charge on any atom is 0.272 e. The number of carbonyl (C=O) groups excluding carboxylic acids is 1. The van der Waals surface area contributed by atoms with Crippen molar-refractivity contribution in [2.75, 3.05) is 13.2 Å². The number of nitrogens with zero attached hydrogens (tertiary/aromatic N) is 4. The van der Waals surface area contributed by atoms with Crippen molar-refractivity contribution < 1.29 is 9.53 Å². The molecule has 4 heterocycles. The monoisotopic (exact) mass is 403 g/mol. The number of thiophene rings is 1. The fourth-order valence-electron chi connectivity index (χ4n) is 3.70. The Labute approximate surface area is 166 Å². The highest BCUT2D eigenvalue weighted by atomic mass is 32.1. The average Bonchev–Trinajstić information content (AvgIpc) is 3.43. The van der Waals surface area contributed by atoms with Crippen LogP contribution in [0.25, 0.3) is 16.0 Å². The van der Waals surface area contributed by atoms with Crippen molar-refractivity contribution >= 4 is 33.2 Å². The summed E-state index contributed by atoms with van der Waals surface area (Å²) in [6.07, 6.45) is 4.83. The Balaban J connectivity index is 1.47. The zero-order valence-electron chi connectivity index (χ0n) is 16.0. The zero-order valence-corrected chi connectivity index (χ0v) is 16.8. The molecule has 0 aliphatic carbocycles. The lowest BCUT2D eigenvalue weighted by molar-refractivity contribution is -0.121. The molecule has 0 aromatic carbocycles. The van der Waals surface area contributed by atoms with Gasteiger partial charge in [0.05, 0.1) is 11.6 Å². The van der Waals surface area contributed by atoms with Crippen LogP contribution in [0.5, 0.6) is 0 Å². The second-order valence-corrected chi connectivity index (χ2v) is 8.05. The lowest BCUT2D eigenvalue weighted by Crippen LogP contribution is -2.31. The van der Waals surface area contributed by atoms with Gasteiger partial charge in [0.25, 0.3) is 5.56 Å². The predicted molar refractivity (Wildman–Crippen MR) is 108 cm³/mol. The summed E-state index contributed by atoms with van der Waals surface area (Å²) in [4.78, 5) is 24.8. The van der Waals surface area contributed by atoms with Gasteiger partial charge in [-0.3, -0.25) is 18.6 Å². The van der Waals surface area contributed by atoms with Crippen LogP contribution < -0.4 is 10.9 Å². The van der Waals surface area contributed by atoms with E-state index in [0.717, 1.165) is 41.9 Å². The molecule has 0 saturated carbocycles. The van der Waals surface area contributed by atoms with Crippen molar-refractivity contribution in [2.24, 2.45) is 0 Å². The van der Waals surface area contributed by atoms with Crippen molar-refractivity contribution in [3.05, 3.63) is 27.6 Å². The number of carbonyl (C=O) groups is 1. The molecule has 0 bridgehead atoms. The van der Waals surface area contributed by atoms with Gasteiger partial charge in [-0.2, -0.15) is 0 Å². The van der Waals surface area contributed by atoms with Gasteiger partial charge >= 0.3 is 0 Å². The van der Waals surface area contributed by atoms with Gasteiger partial charge < -0.3 is 10.1 Å². The average molecular weight is 404 g/mol. The summed E-state index contributed by atoms with van der Waals surface area (Å²) in [6, 6.07) is 1.94. The topological polar surface area (TPSA) is 90.5 Å². The molecule has 9 heteroatoms. The summed E-state index contributed by atoms with van der Waals surface area (Å²) in [7, 11) is 0. The molecule has 0 radical (unpaired) electrons. The van der Waals surface area contributed by atoms with Crippen LogP contribution >= 0.6 is 11.3 Å². The molecular weight excluding hydrogens is 378 g/mol. The molecular formula is C19H25N5O3S. The van der Waals surface area contributed by atoms with E-state index in [1.807, 2.05) is 22.8 Å². The summed E-state index contributed by atoms with van der Waals surface area (Å²) >= 11 is 1.44. The Bertz CT molecular complexity index is 1030. The van der Waals surface area contributed by atoms with Crippen LogP contribution in [0, 0.1) is 0 Å². The molecule has 0 unspecified atom stereocenters. The SMILES string of the molecule is CCCn1c(=O)c2sccc2n2c(CCCC(=O)NC[C@H]3CCCO3)nnc12. The summed E-state index contributed by atoms with van der Waals surface area (Å²) < 4.78 is 9.91. The van der Waals surface area contributed by atoms with E-state index in [1.54, 1.807) is 4.57 Å². The van der Waals surface area contributed by atoms with Gasteiger partial charge in [0.2, 0.25) is 11.7 Å². The lowest BCUT2D eigenvalue weighted by Gasteiger charge is -2.10. The van der Waals surface area contributed by atoms with Crippen molar-refractivity contribution in [1.82, 2.24) is 24.5 Å². The Morgan fingerprint density at radius 3 is 3.11 bits per heavy atom. The molecule has 1 atom stereocenters. The highest BCUT2D eigenvalue weighted by molar-refractivity contribution is 7.17. The minimum absolute atomic E-state index is 0.00758. The second kappa shape index (κ2) is 8.40. The van der Waals surface area contributed by atoms with E-state index >= 15 is 0 Å². The van der Waals surface area contributed by atoms with E-state index in [1.165, 1.54) is 11.3 Å². The second-order valence-electron chi connectivity index (χ2n) is 7.14. The zero-order chi connectivity index (χ0) is 19.5. The smallest absolute Gasteiger partial charge is 0.272 e. The van der Waals surface area contributed by atoms with E-state index < -0.39 is 0 Å². The fraction of sp³-hybridized carbons (Fsp3) is 0.579. The number of aromatic nitrogens is 4. The van der Waals surface area contributed by atoms with Crippen LogP contribution in [0.3, 0.4) is 0 Å². The highest BCUT2D eigenvalue weighted by Gasteiger charge is 2.18. The maximum atomic E-state index is 12.7. The van der Waals surface area contributed by atoms with Crippen LogP contribution in [-0.2, 0) is 22.5 Å². The minimum Gasteiger partial charge on any atom is -0.376 e. The summed E-state index contributed by atoms with van der Waals surface area (Å²) in [6.45, 7) is 4.03. The molecule has 1 aliphatic heterocycles. The number of hydrogen-bond acceptors (Lipinski definition) is 6. The van der Waals surface area contributed by atoms with Crippen LogP contribution in [0.15, 0.2) is 16.2 Å². The molecule has 150 valence electrons. The highest BCUT2D eigenvalue weighted by Crippen LogP contribution is 2.20. The van der Waals surface area contributed by atoms with Gasteiger partial charge in [0, 0.05) is 32.5 Å². The van der Waals surface area contributed by atoms with Gasteiger partial charge in [-0.1, -0.05) is 6.92 Å². The molecule has 8 nitrogen and oxygen atoms in total. The molecule has 0 spiro atoms. The van der Waals surface area contributed by atoms with Gasteiger partial charge in [-0.25, -0.2) is 0 Å². The lowest BCUT2D eigenvalue weighted by atomic mass is 10.2. The molecule has 3 aromatic heterocycles. The number of fused-ring (bicyclic) bond motifs is 3. The molecule has 1 saturated heterocycles. The first-order chi connectivity index (χ1) is 13.7. The van der Waals surface area contributed by atoms with Crippen LogP contribution in [0.4, 0.5) is 0 Å². The summed E-state index contributed by atoms with van der Waals surface area (Å²) in [5.74, 6) is 1.40. The van der Waals surface area contributed by atoms with Crippen LogP contribution in [0.1, 0.15) is 44.9 Å². The predicted octanol–water partition coefficient (Wildman–Crippen LogP) is 2.13. The van der Waals surface area contributed by atoms with Gasteiger partial charge in [-0.05, 0) is 37.1 Å². The van der Waals surface area contributed by atoms with Gasteiger partial charge in [0.15, 0.2) is 0 Å². The number of rotatable bonds is 8. The van der Waals surface area contributed by atoms with Crippen molar-refractivity contribution in [3.63, 3.8) is 0 Å². The Morgan fingerprint density at radius 1 is 1.43 bits per heavy atom. The first-order valence-corrected chi connectivity index (χ1v) is 10.8. The third kappa shape index (κ3) is 3.68. The summed E-state index contributed by atoms with van der Waals surface area (Å²) in [5, 5.41) is 13.5. The molecule has 3 aromatic rings. The largest absolute Gasteiger partial charge is 0.376 e. The molecule has 1 amide bonds. The maximum absolute atomic E-state index is 12.7. The van der Waals surface area contributed by atoms with E-state index in [4.69, 9.17) is 4.74 Å². The van der Waals surface area contributed by atoms with Gasteiger partial charge in [-0.15, -0.1) is 21.5 Å². The van der Waals surface area contributed by atoms with Crippen LogP contribution in [0.2, 0.25) is 0 Å². The molecule has 4 rings (SSSR count). The standard InChI is InChI=1S/C19H25N5O3S/c1-2-9-23-18(26)17-14(8-11-28-17)24-15(21-22-19(23)24)6-3-7-16(25)20-12-13-5-4-10-27-13/h8,11,13H,2-7,9-10,12H2,1H3,(H,20,25)/t13-/m1/s1. The van der Waals surface area contributed by atoms with Gasteiger partial charge in [0.1, 0.15) is 10.5 Å². The number of aryl methyl sites for hydroxylation is 2. The minimum atomic E-state index is -0.00758. The fourth-order valence-corrected chi connectivity index (χ4v) is 4.52. The van der Waals surface area contributed by atoms with Crippen molar-refractivity contribution in [2.45, 2.75) is 58.1 Å². The third-order valence-corrected chi connectivity index (χ3v) is 5.97. The van der Waals surface area contributed by atoms with Crippen molar-refractivity contribution in [1.29, 1.82) is 0 Å². The first kappa shape index (κ1) is 19.1. The Hall–Kier alpha value is -2.26. The first-order valence-electron chi connectivity index (χ1n) is 9.91. The van der Waals surface area contributed by atoms with E-state index in [9.17, 15) is 9.59 Å². The summed E-state index contributed by atoms with van der Waals surface area (Å²) in [5.41, 5.74) is 0.840. The Kier molecular flexibility index (Phi) is 5.72. The quantitative estimate of drug-likeness (QED) is 0.622. The Morgan fingerprint density at radius 2 is 2.32 bits per heavy atom. The molecule has 1 N–H and O–H groups in total. The third-order valence-electron chi connectivity index (χ3n) is 5.08. The van der Waals surface area contributed by atoms with Crippen molar-refractivity contribution in [3.8, 4) is 0 Å². The molecule has 1 aliphatic rings. The number of amides is 1. The number of hydrogen-bond donors (Lipinski definition) is 1. The van der Waals surface area contributed by atoms with Crippen LogP contribution in [-0.4, -0.2) is 44.3 Å². The number of nitrogens with one attached hydrogen (secondary N) is 1. The molecule has 1 fully saturated rings. The van der Waals surface area contributed by atoms with E-state index in [0.29, 0.717) is 38.1 Å². The van der Waals surface area contributed by atoms with E-state index in [2.05, 4.69) is 15.5 Å². The number of ether oxygens (including phenoxy) is 1. The van der Waals surface area contributed by atoms with E-state index in [-0.39, 0.29) is 17.6 Å².